The van der Waals surface area contributed by atoms with Gasteiger partial charge in [-0.1, -0.05) is 24.3 Å². The van der Waals surface area contributed by atoms with E-state index >= 15 is 0 Å². The number of nitrogens with zero attached hydrogens (tertiary/aromatic N) is 2. The Morgan fingerprint density at radius 2 is 1.55 bits per heavy atom. The number of nitrogens with one attached hydrogen (secondary N) is 1. The van der Waals surface area contributed by atoms with Crippen molar-refractivity contribution in [1.82, 2.24) is 4.98 Å². The number of halogens is 2. The van der Waals surface area contributed by atoms with Gasteiger partial charge in [-0.3, -0.25) is 9.59 Å². The molecule has 9 heteroatoms. The Kier molecular flexibility index (Phi) is 4.63. The van der Waals surface area contributed by atoms with Gasteiger partial charge < -0.3 is 25.6 Å². The van der Waals surface area contributed by atoms with E-state index in [0.717, 1.165) is 57.1 Å². The number of aromatic nitrogens is 1. The maximum atomic E-state index is 14.3. The summed E-state index contributed by atoms with van der Waals surface area (Å²) in [5.41, 5.74) is 11.3. The van der Waals surface area contributed by atoms with Gasteiger partial charge in [0.05, 0.1) is 22.0 Å². The second kappa shape index (κ2) is 7.74. The van der Waals surface area contributed by atoms with Crippen LogP contribution in [0.4, 0.5) is 17.1 Å². The number of amides is 2. The quantitative estimate of drug-likeness (QED) is 0.194. The number of aromatic amines is 1. The first-order valence-corrected chi connectivity index (χ1v) is 15.7. The number of aromatic hydroxyl groups is 1. The van der Waals surface area contributed by atoms with Gasteiger partial charge in [0.1, 0.15) is 5.75 Å². The standard InChI is InChI=1S/C33H30Cl2N4O3/c1-16-10-37-28-24(40)7-23-27(25(16)28)18(9-35)12-39(23)30(42)32-13-31(14-33(31,32)15-32)29(41)38-11-17(8-34)26-20-5-3-2-4-19(20)21(36)6-22(26)38/h2-7,10,17-18,37,40H,8-9,11-15,36H2,1H3/t17-,18-,31?,32?,33?/m1/s1. The van der Waals surface area contributed by atoms with Crippen molar-refractivity contribution in [3.8, 4) is 5.75 Å². The highest BCUT2D eigenvalue weighted by Gasteiger charge is 3.01. The number of nitrogen functional groups attached to an aromatic ring is 1. The van der Waals surface area contributed by atoms with E-state index in [1.54, 1.807) is 6.07 Å². The molecule has 1 aromatic heterocycles. The summed E-state index contributed by atoms with van der Waals surface area (Å²) in [5.74, 6) is 1.12. The number of carbonyl (C=O) groups is 2. The molecule has 4 N–H and O–H groups in total. The van der Waals surface area contributed by atoms with Crippen LogP contribution in [0.3, 0.4) is 0 Å². The molecule has 3 fully saturated rings. The molecule has 5 atom stereocenters. The number of anilines is 3. The lowest BCUT2D eigenvalue weighted by Gasteiger charge is -2.37. The Hall–Kier alpha value is -3.42. The predicted molar refractivity (Wildman–Crippen MR) is 166 cm³/mol. The minimum atomic E-state index is -0.518. The molecule has 0 saturated heterocycles. The van der Waals surface area contributed by atoms with Crippen molar-refractivity contribution in [1.29, 1.82) is 0 Å². The van der Waals surface area contributed by atoms with E-state index in [1.807, 2.05) is 47.2 Å². The number of rotatable bonds is 4. The van der Waals surface area contributed by atoms with Crippen LogP contribution < -0.4 is 15.5 Å². The Morgan fingerprint density at radius 3 is 2.17 bits per heavy atom. The minimum absolute atomic E-state index is 0.0196. The molecular formula is C33H30Cl2N4O3. The largest absolute Gasteiger partial charge is 0.506 e. The molecule has 9 rings (SSSR count). The van der Waals surface area contributed by atoms with Crippen molar-refractivity contribution in [2.75, 3.05) is 40.4 Å². The zero-order valence-electron chi connectivity index (χ0n) is 23.1. The molecule has 3 aromatic carbocycles. The first-order chi connectivity index (χ1) is 20.2. The van der Waals surface area contributed by atoms with Crippen LogP contribution in [-0.2, 0) is 9.59 Å². The number of aryl methyl sites for hydroxylation is 1. The SMILES string of the molecule is Cc1c[nH]c2c(O)cc3c(c12)[C@H](CCl)CN3C(=O)C12CC3(C(=O)N4C[C@@H](CCl)c5c4cc(N)c4ccccc54)CC31C2. The maximum Gasteiger partial charge on any atom is 0.233 e. The summed E-state index contributed by atoms with van der Waals surface area (Å²) in [6, 6.07) is 11.7. The number of fused-ring (bicyclic) bond motifs is 6. The minimum Gasteiger partial charge on any atom is -0.506 e. The van der Waals surface area contributed by atoms with E-state index in [1.165, 1.54) is 0 Å². The molecule has 5 aliphatic rings. The van der Waals surface area contributed by atoms with Gasteiger partial charge in [0.25, 0.3) is 0 Å². The number of carbonyl (C=O) groups excluding carboxylic acids is 2. The molecule has 3 heterocycles. The lowest BCUT2D eigenvalue weighted by atomic mass is 9.72. The van der Waals surface area contributed by atoms with Crippen molar-refractivity contribution < 1.29 is 14.7 Å². The fourth-order valence-corrected chi connectivity index (χ4v) is 10.0. The van der Waals surface area contributed by atoms with Crippen LogP contribution in [0, 0.1) is 23.2 Å². The lowest BCUT2D eigenvalue weighted by Crippen LogP contribution is -2.49. The molecular weight excluding hydrogens is 571 g/mol. The summed E-state index contributed by atoms with van der Waals surface area (Å²) in [5, 5.41) is 13.8. The van der Waals surface area contributed by atoms with Crippen LogP contribution in [0.5, 0.6) is 5.75 Å². The molecule has 2 aliphatic heterocycles. The molecule has 214 valence electrons. The van der Waals surface area contributed by atoms with Crippen molar-refractivity contribution in [2.45, 2.75) is 38.0 Å². The van der Waals surface area contributed by atoms with Crippen molar-refractivity contribution >= 4 is 73.8 Å². The summed E-state index contributed by atoms with van der Waals surface area (Å²) < 4.78 is 0. The van der Waals surface area contributed by atoms with E-state index < -0.39 is 10.8 Å². The molecule has 7 nitrogen and oxygen atoms in total. The van der Waals surface area contributed by atoms with Gasteiger partial charge >= 0.3 is 0 Å². The summed E-state index contributed by atoms with van der Waals surface area (Å²) >= 11 is 12.9. The summed E-state index contributed by atoms with van der Waals surface area (Å²) in [6.45, 7) is 3.02. The average molecular weight is 602 g/mol. The van der Waals surface area contributed by atoms with Gasteiger partial charge in [0.2, 0.25) is 11.8 Å². The third-order valence-corrected chi connectivity index (χ3v) is 12.3. The Bertz CT molecular complexity index is 1940. The highest BCUT2D eigenvalue weighted by molar-refractivity contribution is 6.20. The third kappa shape index (κ3) is 2.63. The normalized spacial score (nSPS) is 31.5. The number of phenolic OH excluding ortho intramolecular Hbond substituents is 1. The number of phenols is 1. The van der Waals surface area contributed by atoms with Gasteiger partial charge in [-0.15, -0.1) is 23.2 Å². The lowest BCUT2D eigenvalue weighted by molar-refractivity contribution is -0.134. The highest BCUT2D eigenvalue weighted by Crippen LogP contribution is 3.01. The van der Waals surface area contributed by atoms with E-state index in [9.17, 15) is 14.7 Å². The zero-order chi connectivity index (χ0) is 28.9. The monoisotopic (exact) mass is 600 g/mol. The first kappa shape index (κ1) is 25.1. The average Bonchev–Trinajstić information content (AvgIpc) is 3.40. The number of benzene rings is 3. The number of hydrogen-bond acceptors (Lipinski definition) is 4. The highest BCUT2D eigenvalue weighted by atomic mass is 35.5. The fraction of sp³-hybridized carbons (Fsp3) is 0.394. The maximum absolute atomic E-state index is 14.3. The molecule has 0 bridgehead atoms. The second-order valence-electron chi connectivity index (χ2n) is 13.3. The van der Waals surface area contributed by atoms with E-state index in [4.69, 9.17) is 28.9 Å². The number of H-pyrrole nitrogens is 1. The molecule has 42 heavy (non-hydrogen) atoms. The van der Waals surface area contributed by atoms with E-state index in [-0.39, 0.29) is 34.8 Å². The van der Waals surface area contributed by atoms with Crippen molar-refractivity contribution in [3.63, 3.8) is 0 Å². The summed E-state index contributed by atoms with van der Waals surface area (Å²) in [6.07, 6.45) is 3.92. The van der Waals surface area contributed by atoms with Gasteiger partial charge in [0, 0.05) is 76.5 Å². The Labute approximate surface area is 252 Å². The Balaban J connectivity index is 1.04. The van der Waals surface area contributed by atoms with E-state index in [2.05, 4.69) is 11.1 Å². The molecule has 3 saturated carbocycles. The van der Waals surface area contributed by atoms with Gasteiger partial charge in [-0.25, -0.2) is 0 Å². The number of hydrogen-bond donors (Lipinski definition) is 3. The smallest absolute Gasteiger partial charge is 0.233 e. The zero-order valence-corrected chi connectivity index (χ0v) is 24.6. The molecule has 2 amide bonds. The molecule has 3 aliphatic carbocycles. The van der Waals surface area contributed by atoms with Crippen LogP contribution >= 0.6 is 23.2 Å². The molecule has 4 aromatic rings. The predicted octanol–water partition coefficient (Wildman–Crippen LogP) is 6.13. The molecule has 3 unspecified atom stereocenters. The molecule has 0 radical (unpaired) electrons. The second-order valence-corrected chi connectivity index (χ2v) is 13.9. The van der Waals surface area contributed by atoms with Crippen LogP contribution in [0.25, 0.3) is 21.7 Å². The van der Waals surface area contributed by atoms with Crippen molar-refractivity contribution in [3.05, 3.63) is 59.3 Å². The van der Waals surface area contributed by atoms with Crippen molar-refractivity contribution in [2.24, 2.45) is 16.2 Å². The van der Waals surface area contributed by atoms with Gasteiger partial charge in [0.15, 0.2) is 0 Å². The fourth-order valence-electron chi connectivity index (χ4n) is 9.54. The van der Waals surface area contributed by atoms with E-state index in [0.29, 0.717) is 42.5 Å². The van der Waals surface area contributed by atoms with Crippen LogP contribution in [0.1, 0.15) is 47.8 Å². The summed E-state index contributed by atoms with van der Waals surface area (Å²) in [4.78, 5) is 35.6. The van der Waals surface area contributed by atoms with Crippen LogP contribution in [0.15, 0.2) is 42.6 Å². The summed E-state index contributed by atoms with van der Waals surface area (Å²) in [7, 11) is 0. The van der Waals surface area contributed by atoms with Gasteiger partial charge in [-0.05, 0) is 54.3 Å². The number of alkyl halides is 2. The van der Waals surface area contributed by atoms with Gasteiger partial charge in [-0.2, -0.15) is 0 Å². The first-order valence-electron chi connectivity index (χ1n) is 14.6. The van der Waals surface area contributed by atoms with Crippen LogP contribution in [-0.4, -0.2) is 46.8 Å². The van der Waals surface area contributed by atoms with Crippen LogP contribution in [0.2, 0.25) is 0 Å². The third-order valence-electron chi connectivity index (χ3n) is 11.5. The number of nitrogens with two attached hydrogens (primary N) is 1. The molecule has 1 spiro atoms. The Morgan fingerprint density at radius 1 is 0.952 bits per heavy atom. The topological polar surface area (TPSA) is 103 Å².